The fraction of sp³-hybridized carbons (Fsp3) is 0.348. The van der Waals surface area contributed by atoms with Crippen molar-refractivity contribution in [1.82, 2.24) is 0 Å². The van der Waals surface area contributed by atoms with Crippen LogP contribution in [0.15, 0.2) is 60.2 Å². The molecule has 0 bridgehead atoms. The van der Waals surface area contributed by atoms with Crippen molar-refractivity contribution in [2.75, 3.05) is 6.61 Å². The minimum Gasteiger partial charge on any atom is -0.416 e. The average Bonchev–Trinajstić information content (AvgIpc) is 2.72. The van der Waals surface area contributed by atoms with Crippen molar-refractivity contribution in [2.45, 2.75) is 45.3 Å². The summed E-state index contributed by atoms with van der Waals surface area (Å²) < 4.78 is 6.38. The van der Waals surface area contributed by atoms with Gasteiger partial charge in [0, 0.05) is 22.8 Å². The lowest BCUT2D eigenvalue weighted by molar-refractivity contribution is 0.102. The van der Waals surface area contributed by atoms with Crippen molar-refractivity contribution < 1.29 is 9.22 Å². The van der Waals surface area contributed by atoms with Crippen LogP contribution in [0.1, 0.15) is 43.1 Å². The molecule has 27 heavy (non-hydrogen) atoms. The van der Waals surface area contributed by atoms with Gasteiger partial charge in [-0.3, -0.25) is 4.79 Å². The van der Waals surface area contributed by atoms with Crippen LogP contribution in [0.4, 0.5) is 0 Å². The first-order chi connectivity index (χ1) is 13.0. The van der Waals surface area contributed by atoms with E-state index in [1.54, 1.807) is 0 Å². The Balaban J connectivity index is 2.22. The molecule has 2 aromatic carbocycles. The van der Waals surface area contributed by atoms with Crippen LogP contribution in [0.25, 0.3) is 6.08 Å². The number of Topliss-reactive ketones (excluding diaryl/α,β-unsaturated/α-hetero) is 1. The lowest BCUT2D eigenvalue weighted by Gasteiger charge is -2.28. The quantitative estimate of drug-likeness (QED) is 0.243. The number of hydrogen-bond acceptors (Lipinski definition) is 2. The third kappa shape index (κ3) is 6.17. The third-order valence-electron chi connectivity index (χ3n) is 5.25. The molecule has 2 aromatic rings. The topological polar surface area (TPSA) is 26.3 Å². The van der Waals surface area contributed by atoms with Crippen LogP contribution < -0.4 is 0 Å². The van der Waals surface area contributed by atoms with E-state index in [2.05, 4.69) is 20.8 Å². The molecule has 0 N–H and O–H groups in total. The monoisotopic (exact) mass is 400 g/mol. The molecule has 2 nitrogen and oxygen atoms in total. The van der Waals surface area contributed by atoms with Gasteiger partial charge in [-0.1, -0.05) is 74.8 Å². The highest BCUT2D eigenvalue weighted by Gasteiger charge is 2.28. The summed E-state index contributed by atoms with van der Waals surface area (Å²) in [5.74, 6) is 0.0610. The van der Waals surface area contributed by atoms with Gasteiger partial charge in [-0.25, -0.2) is 0 Å². The van der Waals surface area contributed by atoms with Gasteiger partial charge >= 0.3 is 0 Å². The number of benzene rings is 2. The molecule has 0 aliphatic carbocycles. The summed E-state index contributed by atoms with van der Waals surface area (Å²) in [6, 6.07) is 20.3. The normalized spacial score (nSPS) is 12.2. The molecule has 0 aliphatic rings. The van der Waals surface area contributed by atoms with Gasteiger partial charge in [-0.2, -0.15) is 0 Å². The van der Waals surface area contributed by atoms with Crippen molar-refractivity contribution in [3.63, 3.8) is 0 Å². The maximum absolute atomic E-state index is 13.0. The van der Waals surface area contributed by atoms with Gasteiger partial charge in [0.25, 0.3) is 0 Å². The number of carbonyl (C=O) groups is 1. The van der Waals surface area contributed by atoms with Gasteiger partial charge in [0.15, 0.2) is 14.1 Å². The lowest BCUT2D eigenvalue weighted by atomic mass is 9.99. The Morgan fingerprint density at radius 1 is 0.963 bits per heavy atom. The van der Waals surface area contributed by atoms with Crippen LogP contribution in [0.3, 0.4) is 0 Å². The highest BCUT2D eigenvalue weighted by molar-refractivity contribution is 6.73. The Morgan fingerprint density at radius 3 is 2.11 bits per heavy atom. The number of ketones is 1. The molecule has 0 saturated heterocycles. The summed E-state index contributed by atoms with van der Waals surface area (Å²) in [5.41, 5.74) is 2.46. The van der Waals surface area contributed by atoms with E-state index in [4.69, 9.17) is 16.0 Å². The molecule has 2 rings (SSSR count). The first kappa shape index (κ1) is 21.6. The molecular formula is C23H29ClO2Si. The summed E-state index contributed by atoms with van der Waals surface area (Å²) >= 11 is 5.99. The van der Waals surface area contributed by atoms with Crippen molar-refractivity contribution in [2.24, 2.45) is 0 Å². The van der Waals surface area contributed by atoms with Gasteiger partial charge in [0.05, 0.1) is 0 Å². The van der Waals surface area contributed by atoms with E-state index in [9.17, 15) is 4.79 Å². The van der Waals surface area contributed by atoms with Gasteiger partial charge in [-0.15, -0.1) is 0 Å². The van der Waals surface area contributed by atoms with Crippen LogP contribution in [0.5, 0.6) is 0 Å². The molecule has 0 fully saturated rings. The predicted octanol–water partition coefficient (Wildman–Crippen LogP) is 7.02. The maximum Gasteiger partial charge on any atom is 0.191 e. The van der Waals surface area contributed by atoms with Crippen LogP contribution in [0.2, 0.25) is 23.2 Å². The molecule has 0 saturated carbocycles. The Hall–Kier alpha value is -1.68. The van der Waals surface area contributed by atoms with Crippen LogP contribution in [-0.4, -0.2) is 20.7 Å². The highest BCUT2D eigenvalue weighted by Crippen LogP contribution is 2.24. The SMILES string of the molecule is CC[Si](CC)(CC)OCC/C(=C\c1ccc(Cl)cc1)C(=O)c1ccccc1. The first-order valence-electron chi connectivity index (χ1n) is 9.73. The number of carbonyl (C=O) groups excluding carboxylic acids is 1. The predicted molar refractivity (Wildman–Crippen MR) is 118 cm³/mol. The van der Waals surface area contributed by atoms with E-state index >= 15 is 0 Å². The zero-order valence-electron chi connectivity index (χ0n) is 16.5. The second kappa shape index (κ2) is 10.6. The van der Waals surface area contributed by atoms with Crippen molar-refractivity contribution >= 4 is 31.8 Å². The van der Waals surface area contributed by atoms with Gasteiger partial charge in [0.1, 0.15) is 0 Å². The zero-order valence-corrected chi connectivity index (χ0v) is 18.3. The fourth-order valence-corrected chi connectivity index (χ4v) is 5.99. The minimum absolute atomic E-state index is 0.0610. The van der Waals surface area contributed by atoms with Gasteiger partial charge in [-0.05, 0) is 48.3 Å². The van der Waals surface area contributed by atoms with Crippen molar-refractivity contribution in [3.8, 4) is 0 Å². The lowest BCUT2D eigenvalue weighted by Crippen LogP contribution is -2.36. The Bertz CT molecular complexity index is 741. The molecule has 4 heteroatoms. The Kier molecular flexibility index (Phi) is 8.49. The summed E-state index contributed by atoms with van der Waals surface area (Å²) in [6.45, 7) is 7.26. The van der Waals surface area contributed by atoms with Crippen molar-refractivity contribution in [3.05, 3.63) is 76.3 Å². The van der Waals surface area contributed by atoms with Crippen LogP contribution >= 0.6 is 11.6 Å². The molecule has 0 heterocycles. The molecule has 0 aliphatic heterocycles. The number of halogens is 1. The van der Waals surface area contributed by atoms with Gasteiger partial charge in [0.2, 0.25) is 0 Å². The Morgan fingerprint density at radius 2 is 1.56 bits per heavy atom. The second-order valence-corrected chi connectivity index (χ2v) is 12.0. The standard InChI is InChI=1S/C23H29ClO2Si/c1-4-27(5-2,6-3)26-17-16-21(18-19-12-14-22(24)15-13-19)23(25)20-10-8-7-9-11-20/h7-15,18H,4-6,16-17H2,1-3H3/b21-18+. The van der Waals surface area contributed by atoms with Crippen LogP contribution in [0, 0.1) is 0 Å². The van der Waals surface area contributed by atoms with E-state index in [1.165, 1.54) is 0 Å². The van der Waals surface area contributed by atoms with Gasteiger partial charge < -0.3 is 4.43 Å². The molecule has 0 unspecified atom stereocenters. The molecular weight excluding hydrogens is 372 g/mol. The molecule has 0 aromatic heterocycles. The zero-order chi connectivity index (χ0) is 19.7. The van der Waals surface area contributed by atoms with E-state index in [-0.39, 0.29) is 5.78 Å². The van der Waals surface area contributed by atoms with Crippen molar-refractivity contribution in [1.29, 1.82) is 0 Å². The van der Waals surface area contributed by atoms with E-state index in [1.807, 2.05) is 60.7 Å². The molecule has 0 radical (unpaired) electrons. The van der Waals surface area contributed by atoms with E-state index in [0.717, 1.165) is 29.3 Å². The highest BCUT2D eigenvalue weighted by atomic mass is 35.5. The number of rotatable bonds is 10. The smallest absolute Gasteiger partial charge is 0.191 e. The second-order valence-electron chi connectivity index (χ2n) is 6.76. The summed E-state index contributed by atoms with van der Waals surface area (Å²) in [6.07, 6.45) is 2.58. The molecule has 0 atom stereocenters. The third-order valence-corrected chi connectivity index (χ3v) is 10.2. The Labute approximate surface area is 169 Å². The summed E-state index contributed by atoms with van der Waals surface area (Å²) in [4.78, 5) is 13.0. The van der Waals surface area contributed by atoms with Crippen LogP contribution in [-0.2, 0) is 4.43 Å². The fourth-order valence-electron chi connectivity index (χ4n) is 3.22. The van der Waals surface area contributed by atoms with E-state index in [0.29, 0.717) is 23.6 Å². The molecule has 144 valence electrons. The summed E-state index contributed by atoms with van der Waals surface area (Å²) in [7, 11) is -1.65. The minimum atomic E-state index is -1.65. The molecule has 0 amide bonds. The van der Waals surface area contributed by atoms with E-state index < -0.39 is 8.32 Å². The number of hydrogen-bond donors (Lipinski definition) is 0. The first-order valence-corrected chi connectivity index (χ1v) is 12.6. The molecule has 0 spiro atoms. The average molecular weight is 401 g/mol. The largest absolute Gasteiger partial charge is 0.416 e. The maximum atomic E-state index is 13.0. The summed E-state index contributed by atoms with van der Waals surface area (Å²) in [5, 5.41) is 0.691.